The minimum atomic E-state index is -0.270. The van der Waals surface area contributed by atoms with Crippen LogP contribution in [0.3, 0.4) is 0 Å². The first-order valence-corrected chi connectivity index (χ1v) is 8.82. The second kappa shape index (κ2) is 6.80. The highest BCUT2D eigenvalue weighted by Crippen LogP contribution is 2.34. The van der Waals surface area contributed by atoms with Gasteiger partial charge in [0.15, 0.2) is 17.3 Å². The third-order valence-corrected chi connectivity index (χ3v) is 4.92. The molecule has 0 aliphatic carbocycles. The van der Waals surface area contributed by atoms with Crippen molar-refractivity contribution >= 4 is 17.5 Å². The van der Waals surface area contributed by atoms with E-state index in [1.165, 1.54) is 23.9 Å². The molecule has 0 atom stereocenters. The maximum atomic E-state index is 13.2. The lowest BCUT2D eigenvalue weighted by molar-refractivity contribution is 0.355. The second-order valence-electron chi connectivity index (χ2n) is 5.53. The first-order valence-electron chi connectivity index (χ1n) is 7.84. The molecule has 8 heteroatoms. The molecule has 0 N–H and O–H groups in total. The van der Waals surface area contributed by atoms with Gasteiger partial charge in [0.1, 0.15) is 5.82 Å². The number of benzene rings is 2. The molecule has 0 saturated carbocycles. The summed E-state index contributed by atoms with van der Waals surface area (Å²) >= 11 is 1.54. The van der Waals surface area contributed by atoms with Crippen molar-refractivity contribution < 1.29 is 13.9 Å². The van der Waals surface area contributed by atoms with Crippen LogP contribution in [0.2, 0.25) is 0 Å². The fraction of sp³-hybridized carbons (Fsp3) is 0.167. The van der Waals surface area contributed by atoms with Gasteiger partial charge in [0.25, 0.3) is 0 Å². The first-order chi connectivity index (χ1) is 12.7. The Morgan fingerprint density at radius 3 is 2.42 bits per heavy atom. The van der Waals surface area contributed by atoms with Gasteiger partial charge in [-0.05, 0) is 35.9 Å². The monoisotopic (exact) mass is 370 g/mol. The van der Waals surface area contributed by atoms with Crippen LogP contribution in [-0.4, -0.2) is 40.6 Å². The molecule has 0 saturated heterocycles. The molecule has 0 unspecified atom stereocenters. The van der Waals surface area contributed by atoms with Crippen molar-refractivity contribution in [3.8, 4) is 22.9 Å². The number of ether oxygens (including phenoxy) is 2. The van der Waals surface area contributed by atoms with Crippen LogP contribution in [0.4, 0.5) is 4.39 Å². The van der Waals surface area contributed by atoms with Crippen LogP contribution in [-0.2, 0) is 0 Å². The van der Waals surface area contributed by atoms with E-state index in [1.807, 2.05) is 18.2 Å². The summed E-state index contributed by atoms with van der Waals surface area (Å²) < 4.78 is 25.5. The van der Waals surface area contributed by atoms with Crippen molar-refractivity contribution in [3.63, 3.8) is 0 Å². The van der Waals surface area contributed by atoms with Gasteiger partial charge in [-0.15, -0.1) is 10.2 Å². The summed E-state index contributed by atoms with van der Waals surface area (Å²) in [5.41, 5.74) is 2.52. The summed E-state index contributed by atoms with van der Waals surface area (Å²) in [5, 5.41) is 13.9. The lowest BCUT2D eigenvalue weighted by atomic mass is 10.1. The van der Waals surface area contributed by atoms with E-state index in [4.69, 9.17) is 9.47 Å². The Hall–Kier alpha value is -2.87. The van der Waals surface area contributed by atoms with E-state index in [9.17, 15) is 4.39 Å². The van der Waals surface area contributed by atoms with E-state index in [1.54, 1.807) is 31.0 Å². The number of methoxy groups -OCH3 is 2. The van der Waals surface area contributed by atoms with Gasteiger partial charge in [-0.1, -0.05) is 23.9 Å². The Labute approximate surface area is 153 Å². The van der Waals surface area contributed by atoms with Crippen LogP contribution in [0.1, 0.15) is 5.56 Å². The Morgan fingerprint density at radius 1 is 0.962 bits per heavy atom. The lowest BCUT2D eigenvalue weighted by Gasteiger charge is -2.14. The zero-order valence-electron chi connectivity index (χ0n) is 14.1. The number of nitrogens with zero attached hydrogens (tertiary/aromatic N) is 4. The SMILES string of the molecule is COc1ccc(-c2nnc3n2N=C(c2ccc(F)cc2)CS3)cc1OC. The van der Waals surface area contributed by atoms with Gasteiger partial charge < -0.3 is 9.47 Å². The van der Waals surface area contributed by atoms with E-state index in [-0.39, 0.29) is 5.82 Å². The average molecular weight is 370 g/mol. The quantitative estimate of drug-likeness (QED) is 0.704. The smallest absolute Gasteiger partial charge is 0.212 e. The zero-order chi connectivity index (χ0) is 18.1. The number of hydrogen-bond acceptors (Lipinski definition) is 6. The number of halogens is 1. The Balaban J connectivity index is 1.77. The van der Waals surface area contributed by atoms with Gasteiger partial charge in [0.2, 0.25) is 5.16 Å². The van der Waals surface area contributed by atoms with Gasteiger partial charge in [0, 0.05) is 11.3 Å². The topological polar surface area (TPSA) is 61.5 Å². The summed E-state index contributed by atoms with van der Waals surface area (Å²) in [6.45, 7) is 0. The third kappa shape index (κ3) is 2.92. The van der Waals surface area contributed by atoms with Crippen LogP contribution in [0.5, 0.6) is 11.5 Å². The van der Waals surface area contributed by atoms with E-state index >= 15 is 0 Å². The predicted molar refractivity (Wildman–Crippen MR) is 97.6 cm³/mol. The Morgan fingerprint density at radius 2 is 1.69 bits per heavy atom. The molecule has 0 bridgehead atoms. The number of thioether (sulfide) groups is 1. The van der Waals surface area contributed by atoms with Crippen molar-refractivity contribution in [2.75, 3.05) is 20.0 Å². The molecular weight excluding hydrogens is 355 g/mol. The van der Waals surface area contributed by atoms with Crippen molar-refractivity contribution in [2.24, 2.45) is 5.10 Å². The Bertz CT molecular complexity index is 985. The maximum Gasteiger partial charge on any atom is 0.212 e. The van der Waals surface area contributed by atoms with Crippen LogP contribution in [0, 0.1) is 5.82 Å². The van der Waals surface area contributed by atoms with Gasteiger partial charge in [0.05, 0.1) is 19.9 Å². The van der Waals surface area contributed by atoms with E-state index in [0.29, 0.717) is 28.2 Å². The lowest BCUT2D eigenvalue weighted by Crippen LogP contribution is -2.13. The molecule has 26 heavy (non-hydrogen) atoms. The van der Waals surface area contributed by atoms with Crippen LogP contribution < -0.4 is 9.47 Å². The van der Waals surface area contributed by atoms with Crippen molar-refractivity contribution in [1.82, 2.24) is 14.9 Å². The fourth-order valence-corrected chi connectivity index (χ4v) is 3.51. The number of fused-ring (bicyclic) bond motifs is 1. The van der Waals surface area contributed by atoms with Gasteiger partial charge in [-0.25, -0.2) is 4.39 Å². The molecule has 0 fully saturated rings. The zero-order valence-corrected chi connectivity index (χ0v) is 15.0. The molecular formula is C18H15FN4O2S. The highest BCUT2D eigenvalue weighted by Gasteiger charge is 2.21. The number of hydrogen-bond donors (Lipinski definition) is 0. The molecule has 2 aromatic carbocycles. The average Bonchev–Trinajstić information content (AvgIpc) is 3.11. The summed E-state index contributed by atoms with van der Waals surface area (Å²) in [6, 6.07) is 11.8. The molecule has 2 heterocycles. The van der Waals surface area contributed by atoms with Gasteiger partial charge >= 0.3 is 0 Å². The van der Waals surface area contributed by atoms with Crippen LogP contribution in [0.15, 0.2) is 52.7 Å². The highest BCUT2D eigenvalue weighted by molar-refractivity contribution is 7.99. The first kappa shape index (κ1) is 16.6. The molecule has 0 amide bonds. The van der Waals surface area contributed by atoms with E-state index < -0.39 is 0 Å². The summed E-state index contributed by atoms with van der Waals surface area (Å²) in [4.78, 5) is 0. The molecule has 0 radical (unpaired) electrons. The minimum Gasteiger partial charge on any atom is -0.493 e. The summed E-state index contributed by atoms with van der Waals surface area (Å²) in [5.74, 6) is 2.23. The van der Waals surface area contributed by atoms with E-state index in [2.05, 4.69) is 15.3 Å². The van der Waals surface area contributed by atoms with Gasteiger partial charge in [-0.3, -0.25) is 0 Å². The summed E-state index contributed by atoms with van der Waals surface area (Å²) in [6.07, 6.45) is 0. The molecule has 4 rings (SSSR count). The second-order valence-corrected chi connectivity index (χ2v) is 6.47. The molecule has 6 nitrogen and oxygen atoms in total. The standard InChI is InChI=1S/C18H15FN4O2S/c1-24-15-8-5-12(9-16(15)25-2)17-20-21-18-23(17)22-14(10-26-18)11-3-6-13(19)7-4-11/h3-9H,10H2,1-2H3. The molecule has 1 aliphatic rings. The molecule has 132 valence electrons. The molecule has 1 aliphatic heterocycles. The van der Waals surface area contributed by atoms with Gasteiger partial charge in [-0.2, -0.15) is 9.78 Å². The minimum absolute atomic E-state index is 0.270. The molecule has 0 spiro atoms. The van der Waals surface area contributed by atoms with Crippen LogP contribution >= 0.6 is 11.8 Å². The van der Waals surface area contributed by atoms with Crippen molar-refractivity contribution in [3.05, 3.63) is 53.8 Å². The largest absolute Gasteiger partial charge is 0.493 e. The normalized spacial score (nSPS) is 13.1. The van der Waals surface area contributed by atoms with Crippen molar-refractivity contribution in [2.45, 2.75) is 5.16 Å². The molecule has 3 aromatic rings. The predicted octanol–water partition coefficient (Wildman–Crippen LogP) is 3.46. The number of aromatic nitrogens is 3. The highest BCUT2D eigenvalue weighted by atomic mass is 32.2. The Kier molecular flexibility index (Phi) is 4.34. The molecule has 1 aromatic heterocycles. The third-order valence-electron chi connectivity index (χ3n) is 3.99. The number of rotatable bonds is 4. The van der Waals surface area contributed by atoms with E-state index in [0.717, 1.165) is 16.8 Å². The van der Waals surface area contributed by atoms with Crippen LogP contribution in [0.25, 0.3) is 11.4 Å². The summed E-state index contributed by atoms with van der Waals surface area (Å²) in [7, 11) is 3.17. The van der Waals surface area contributed by atoms with Crippen molar-refractivity contribution in [1.29, 1.82) is 0 Å². The maximum absolute atomic E-state index is 13.2. The fourth-order valence-electron chi connectivity index (χ4n) is 2.67.